The molecule has 3 aromatic rings. The molecule has 1 aliphatic heterocycles. The second-order valence-corrected chi connectivity index (χ2v) is 10.7. The van der Waals surface area contributed by atoms with E-state index in [-0.39, 0.29) is 22.4 Å². The van der Waals surface area contributed by atoms with Gasteiger partial charge >= 0.3 is 12.3 Å². The van der Waals surface area contributed by atoms with Crippen molar-refractivity contribution in [1.82, 2.24) is 0 Å². The molecule has 242 valence electrons. The summed E-state index contributed by atoms with van der Waals surface area (Å²) in [5.74, 6) is -2.88. The molecule has 1 aliphatic rings. The van der Waals surface area contributed by atoms with E-state index in [1.807, 2.05) is 0 Å². The van der Waals surface area contributed by atoms with Crippen molar-refractivity contribution in [2.45, 2.75) is 45.4 Å². The van der Waals surface area contributed by atoms with Crippen LogP contribution in [0.25, 0.3) is 0 Å². The maximum absolute atomic E-state index is 13.9. The number of hydrogen-bond donors (Lipinski definition) is 1. The molecule has 0 radical (unpaired) electrons. The van der Waals surface area contributed by atoms with Crippen LogP contribution in [0.1, 0.15) is 59.7 Å². The Balaban J connectivity index is 1.13. The van der Waals surface area contributed by atoms with Gasteiger partial charge in [0.25, 0.3) is 5.91 Å². The largest absolute Gasteiger partial charge is 0.573 e. The molecule has 1 saturated heterocycles. The molecule has 8 nitrogen and oxygen atoms in total. The second-order valence-electron chi connectivity index (χ2n) is 10.7. The fraction of sp³-hybridized carbons (Fsp3) is 0.394. The van der Waals surface area contributed by atoms with Crippen molar-refractivity contribution in [3.63, 3.8) is 0 Å². The Kier molecular flexibility index (Phi) is 11.8. The molecule has 4 rings (SSSR count). The van der Waals surface area contributed by atoms with E-state index in [4.69, 9.17) is 18.9 Å². The molecule has 0 spiro atoms. The van der Waals surface area contributed by atoms with Crippen LogP contribution in [0.2, 0.25) is 0 Å². The molecule has 0 bridgehead atoms. The van der Waals surface area contributed by atoms with E-state index in [0.717, 1.165) is 64.6 Å². The monoisotopic (exact) mass is 633 g/mol. The third kappa shape index (κ3) is 10.5. The lowest BCUT2D eigenvalue weighted by Crippen LogP contribution is -2.45. The summed E-state index contributed by atoms with van der Waals surface area (Å²) in [6, 6.07) is 14.7. The van der Waals surface area contributed by atoms with Gasteiger partial charge in [-0.15, -0.1) is 13.2 Å². The van der Waals surface area contributed by atoms with Crippen molar-refractivity contribution in [3.05, 3.63) is 83.7 Å². The topological polar surface area (TPSA) is 92.3 Å². The van der Waals surface area contributed by atoms with Gasteiger partial charge in [-0.3, -0.25) is 4.79 Å². The maximum atomic E-state index is 13.9. The van der Waals surface area contributed by atoms with Crippen LogP contribution in [0.5, 0.6) is 17.2 Å². The van der Waals surface area contributed by atoms with Gasteiger partial charge in [0.15, 0.2) is 11.6 Å². The quantitative estimate of drug-likeness (QED) is 0.0753. The standard InChI is InChI=1S/C33H35F4NO7/c1-2-32(21-42-22-32)20-41-17-5-3-4-6-18-43-26-12-7-23(8-13-26)31(40)44-27-14-10-25(11-15-27)38-30(39)24-9-16-29(28(34)19-24)45-33(35,36)37/h7-16,19H,2-6,17-18,20-22H2,1H3,(H,38,39). The summed E-state index contributed by atoms with van der Waals surface area (Å²) in [6.45, 7) is 5.85. The third-order valence-electron chi connectivity index (χ3n) is 7.26. The van der Waals surface area contributed by atoms with Crippen LogP contribution < -0.4 is 19.5 Å². The van der Waals surface area contributed by atoms with Crippen molar-refractivity contribution in [2.24, 2.45) is 5.41 Å². The highest BCUT2D eigenvalue weighted by molar-refractivity contribution is 6.04. The van der Waals surface area contributed by atoms with Crippen LogP contribution in [0, 0.1) is 11.2 Å². The van der Waals surface area contributed by atoms with Crippen molar-refractivity contribution >= 4 is 17.6 Å². The van der Waals surface area contributed by atoms with Crippen LogP contribution >= 0.6 is 0 Å². The molecule has 1 amide bonds. The SMILES string of the molecule is CCC1(COCCCCCCOc2ccc(C(=O)Oc3ccc(NC(=O)c4ccc(OC(F)(F)F)c(F)c4)cc3)cc2)COC1. The minimum absolute atomic E-state index is 0.213. The first-order valence-corrected chi connectivity index (χ1v) is 14.6. The summed E-state index contributed by atoms with van der Waals surface area (Å²) in [7, 11) is 0. The van der Waals surface area contributed by atoms with Gasteiger partial charge in [-0.1, -0.05) is 13.3 Å². The number of esters is 1. The van der Waals surface area contributed by atoms with Crippen molar-refractivity contribution in [2.75, 3.05) is 38.4 Å². The van der Waals surface area contributed by atoms with Gasteiger partial charge in [0.1, 0.15) is 11.5 Å². The van der Waals surface area contributed by atoms with E-state index < -0.39 is 29.8 Å². The van der Waals surface area contributed by atoms with Crippen LogP contribution in [-0.2, 0) is 9.47 Å². The van der Waals surface area contributed by atoms with Crippen molar-refractivity contribution < 1.29 is 50.8 Å². The van der Waals surface area contributed by atoms with Crippen LogP contribution in [0.3, 0.4) is 0 Å². The molecule has 1 N–H and O–H groups in total. The summed E-state index contributed by atoms with van der Waals surface area (Å²) in [4.78, 5) is 24.9. The summed E-state index contributed by atoms with van der Waals surface area (Å²) >= 11 is 0. The molecule has 12 heteroatoms. The third-order valence-corrected chi connectivity index (χ3v) is 7.26. The van der Waals surface area contributed by atoms with Crippen LogP contribution in [-0.4, -0.2) is 51.3 Å². The number of anilines is 1. The fourth-order valence-corrected chi connectivity index (χ4v) is 4.43. The Morgan fingerprint density at radius 2 is 1.51 bits per heavy atom. The Labute approximate surface area is 258 Å². The van der Waals surface area contributed by atoms with Gasteiger partial charge in [0.05, 0.1) is 32.0 Å². The van der Waals surface area contributed by atoms with E-state index in [1.54, 1.807) is 24.3 Å². The number of halogens is 4. The van der Waals surface area contributed by atoms with E-state index in [9.17, 15) is 27.2 Å². The zero-order valence-corrected chi connectivity index (χ0v) is 24.8. The average Bonchev–Trinajstić information content (AvgIpc) is 2.99. The highest BCUT2D eigenvalue weighted by atomic mass is 19.4. The lowest BCUT2D eigenvalue weighted by Gasteiger charge is -2.40. The Morgan fingerprint density at radius 3 is 2.11 bits per heavy atom. The van der Waals surface area contributed by atoms with Gasteiger partial charge in [0.2, 0.25) is 0 Å². The predicted molar refractivity (Wildman–Crippen MR) is 157 cm³/mol. The number of nitrogens with one attached hydrogen (secondary N) is 1. The lowest BCUT2D eigenvalue weighted by molar-refractivity contribution is -0.275. The Bertz CT molecular complexity index is 1400. The molecule has 45 heavy (non-hydrogen) atoms. The van der Waals surface area contributed by atoms with E-state index >= 15 is 0 Å². The highest BCUT2D eigenvalue weighted by Crippen LogP contribution is 2.31. The first-order chi connectivity index (χ1) is 21.6. The Hall–Kier alpha value is -4.16. The van der Waals surface area contributed by atoms with E-state index in [0.29, 0.717) is 30.1 Å². The predicted octanol–water partition coefficient (Wildman–Crippen LogP) is 7.58. The minimum Gasteiger partial charge on any atom is -0.494 e. The van der Waals surface area contributed by atoms with Crippen LogP contribution in [0.4, 0.5) is 23.2 Å². The number of carbonyl (C=O) groups excluding carboxylic acids is 2. The summed E-state index contributed by atoms with van der Waals surface area (Å²) in [5, 5.41) is 2.49. The van der Waals surface area contributed by atoms with E-state index in [1.165, 1.54) is 24.3 Å². The molecular weight excluding hydrogens is 598 g/mol. The smallest absolute Gasteiger partial charge is 0.494 e. The number of rotatable bonds is 16. The molecular formula is C33H35F4NO7. The van der Waals surface area contributed by atoms with Gasteiger partial charge in [-0.05, 0) is 92.4 Å². The molecule has 0 unspecified atom stereocenters. The molecule has 0 saturated carbocycles. The number of ether oxygens (including phenoxy) is 5. The first kappa shape index (κ1) is 33.7. The zero-order chi connectivity index (χ0) is 32.3. The zero-order valence-electron chi connectivity index (χ0n) is 24.8. The molecule has 1 fully saturated rings. The number of carbonyl (C=O) groups is 2. The first-order valence-electron chi connectivity index (χ1n) is 14.6. The molecule has 0 atom stereocenters. The van der Waals surface area contributed by atoms with Crippen molar-refractivity contribution in [3.8, 4) is 17.2 Å². The summed E-state index contributed by atoms with van der Waals surface area (Å²) in [6.07, 6.45) is 0.0343. The minimum atomic E-state index is -5.06. The Morgan fingerprint density at radius 1 is 0.867 bits per heavy atom. The number of unbranched alkanes of at least 4 members (excludes halogenated alkanes) is 3. The molecule has 1 heterocycles. The van der Waals surface area contributed by atoms with Gasteiger partial charge in [-0.2, -0.15) is 0 Å². The van der Waals surface area contributed by atoms with Gasteiger partial charge < -0.3 is 29.0 Å². The average molecular weight is 634 g/mol. The van der Waals surface area contributed by atoms with E-state index in [2.05, 4.69) is 17.0 Å². The number of benzene rings is 3. The highest BCUT2D eigenvalue weighted by Gasteiger charge is 2.37. The van der Waals surface area contributed by atoms with Crippen LogP contribution in [0.15, 0.2) is 66.7 Å². The lowest BCUT2D eigenvalue weighted by atomic mass is 9.84. The number of alkyl halides is 3. The van der Waals surface area contributed by atoms with Gasteiger partial charge in [-0.25, -0.2) is 9.18 Å². The second kappa shape index (κ2) is 15.7. The normalized spacial score (nSPS) is 13.9. The molecule has 3 aromatic carbocycles. The summed E-state index contributed by atoms with van der Waals surface area (Å²) in [5.41, 5.74) is 0.611. The molecule has 0 aliphatic carbocycles. The van der Waals surface area contributed by atoms with Gasteiger partial charge in [0, 0.05) is 23.3 Å². The van der Waals surface area contributed by atoms with Crippen molar-refractivity contribution in [1.29, 1.82) is 0 Å². The molecule has 0 aromatic heterocycles. The fourth-order valence-electron chi connectivity index (χ4n) is 4.43. The number of amides is 1. The number of hydrogen-bond acceptors (Lipinski definition) is 7. The maximum Gasteiger partial charge on any atom is 0.573 e. The summed E-state index contributed by atoms with van der Waals surface area (Å²) < 4.78 is 76.7.